The molecule has 0 radical (unpaired) electrons. The van der Waals surface area contributed by atoms with Gasteiger partial charge < -0.3 is 0 Å². The topological polar surface area (TPSA) is 49.3 Å². The second kappa shape index (κ2) is 8.89. The molecule has 0 heterocycles. The monoisotopic (exact) mass is 377 g/mol. The Morgan fingerprint density at radius 1 is 0.852 bits per heavy atom. The first-order valence-electron chi connectivity index (χ1n) is 8.94. The number of carbonyl (C=O) groups is 1. The molecule has 0 spiro atoms. The zero-order chi connectivity index (χ0) is 19.2. The average molecular weight is 378 g/mol. The summed E-state index contributed by atoms with van der Waals surface area (Å²) in [6.45, 7) is 4.36. The molecule has 1 unspecified atom stereocenters. The van der Waals surface area contributed by atoms with Gasteiger partial charge in [-0.15, -0.1) is 11.8 Å². The van der Waals surface area contributed by atoms with Gasteiger partial charge in [-0.05, 0) is 34.4 Å². The molecule has 27 heavy (non-hydrogen) atoms. The lowest BCUT2D eigenvalue weighted by molar-refractivity contribution is -0.129. The van der Waals surface area contributed by atoms with Crippen LogP contribution in [0.3, 0.4) is 0 Å². The van der Waals surface area contributed by atoms with Crippen LogP contribution >= 0.6 is 11.8 Å². The summed E-state index contributed by atoms with van der Waals surface area (Å²) in [7, 11) is 0. The van der Waals surface area contributed by atoms with Crippen molar-refractivity contribution in [1.82, 2.24) is 5.48 Å². The molecule has 4 heteroatoms. The van der Waals surface area contributed by atoms with Gasteiger partial charge in [0.25, 0.3) is 5.91 Å². The number of hydroxylamine groups is 1. The van der Waals surface area contributed by atoms with Crippen LogP contribution in [0.15, 0.2) is 83.8 Å². The maximum Gasteiger partial charge on any atom is 0.255 e. The second-order valence-electron chi connectivity index (χ2n) is 6.64. The molecule has 2 N–H and O–H groups in total. The number of carbonyl (C=O) groups excluding carboxylic acids is 1. The maximum absolute atomic E-state index is 12.3. The smallest absolute Gasteiger partial charge is 0.255 e. The summed E-state index contributed by atoms with van der Waals surface area (Å²) in [4.78, 5) is 13.6. The molecule has 0 aromatic heterocycles. The van der Waals surface area contributed by atoms with Crippen LogP contribution in [0.2, 0.25) is 0 Å². The van der Waals surface area contributed by atoms with Crippen molar-refractivity contribution in [2.24, 2.45) is 0 Å². The third kappa shape index (κ3) is 4.79. The molecule has 0 aliphatic carbocycles. The number of thioether (sulfide) groups is 1. The predicted octanol–water partition coefficient (Wildman–Crippen LogP) is 5.49. The number of rotatable bonds is 6. The first kappa shape index (κ1) is 19.2. The van der Waals surface area contributed by atoms with Crippen LogP contribution in [-0.4, -0.2) is 16.4 Å². The Morgan fingerprint density at radius 3 is 2.15 bits per heavy atom. The molecular formula is C23H23NO2S. The van der Waals surface area contributed by atoms with Gasteiger partial charge >= 0.3 is 0 Å². The number of hydrogen-bond acceptors (Lipinski definition) is 3. The van der Waals surface area contributed by atoms with Gasteiger partial charge in [0.05, 0.1) is 5.92 Å². The Balaban J connectivity index is 1.95. The van der Waals surface area contributed by atoms with Gasteiger partial charge in [-0.25, -0.2) is 5.48 Å². The summed E-state index contributed by atoms with van der Waals surface area (Å²) >= 11 is 1.83. The van der Waals surface area contributed by atoms with Crippen LogP contribution in [0, 0.1) is 0 Å². The van der Waals surface area contributed by atoms with Crippen molar-refractivity contribution in [1.29, 1.82) is 0 Å². The number of amides is 1. The second-order valence-corrected chi connectivity index (χ2v) is 8.29. The number of benzene rings is 3. The lowest BCUT2D eigenvalue weighted by Gasteiger charge is -2.17. The van der Waals surface area contributed by atoms with E-state index < -0.39 is 11.8 Å². The average Bonchev–Trinajstić information content (AvgIpc) is 2.69. The molecule has 3 aromatic carbocycles. The molecule has 0 saturated carbocycles. The van der Waals surface area contributed by atoms with Crippen molar-refractivity contribution >= 4 is 17.7 Å². The Morgan fingerprint density at radius 2 is 1.52 bits per heavy atom. The lowest BCUT2D eigenvalue weighted by Crippen LogP contribution is -2.27. The molecule has 3 rings (SSSR count). The Labute approximate surface area is 164 Å². The van der Waals surface area contributed by atoms with Crippen LogP contribution in [0.25, 0.3) is 11.1 Å². The van der Waals surface area contributed by atoms with Crippen molar-refractivity contribution in [2.45, 2.75) is 29.9 Å². The molecule has 0 saturated heterocycles. The molecule has 0 fully saturated rings. The maximum atomic E-state index is 12.3. The quantitative estimate of drug-likeness (QED) is 0.339. The van der Waals surface area contributed by atoms with Crippen LogP contribution in [0.4, 0.5) is 0 Å². The van der Waals surface area contributed by atoms with E-state index in [0.29, 0.717) is 5.25 Å². The SMILES string of the molecule is CC(C)Sc1ccc(-c2cccc(C(C(=O)NO)c3ccccc3)c2)cc1. The third-order valence-electron chi connectivity index (χ3n) is 4.28. The van der Waals surface area contributed by atoms with Crippen LogP contribution in [0.5, 0.6) is 0 Å². The van der Waals surface area contributed by atoms with E-state index in [1.165, 1.54) is 4.90 Å². The summed E-state index contributed by atoms with van der Waals surface area (Å²) in [5.74, 6) is -1.01. The fraction of sp³-hybridized carbons (Fsp3) is 0.174. The molecule has 3 aromatic rings. The molecule has 0 aliphatic rings. The first-order chi connectivity index (χ1) is 13.1. The highest BCUT2D eigenvalue weighted by molar-refractivity contribution is 7.99. The Kier molecular flexibility index (Phi) is 6.32. The number of hydrogen-bond donors (Lipinski definition) is 2. The summed E-state index contributed by atoms with van der Waals surface area (Å²) in [5.41, 5.74) is 5.62. The molecule has 0 bridgehead atoms. The van der Waals surface area contributed by atoms with E-state index in [-0.39, 0.29) is 0 Å². The van der Waals surface area contributed by atoms with Crippen LogP contribution in [0.1, 0.15) is 30.9 Å². The van der Waals surface area contributed by atoms with Gasteiger partial charge in [-0.3, -0.25) is 10.0 Å². The molecular weight excluding hydrogens is 354 g/mol. The highest BCUT2D eigenvalue weighted by Gasteiger charge is 2.22. The van der Waals surface area contributed by atoms with E-state index in [1.807, 2.05) is 66.4 Å². The van der Waals surface area contributed by atoms with Gasteiger partial charge in [0.15, 0.2) is 0 Å². The fourth-order valence-electron chi connectivity index (χ4n) is 3.10. The Hall–Kier alpha value is -2.56. The van der Waals surface area contributed by atoms with E-state index in [2.05, 4.69) is 38.1 Å². The van der Waals surface area contributed by atoms with E-state index in [4.69, 9.17) is 0 Å². The summed E-state index contributed by atoms with van der Waals surface area (Å²) in [6, 6.07) is 25.8. The lowest BCUT2D eigenvalue weighted by atomic mass is 9.89. The summed E-state index contributed by atoms with van der Waals surface area (Å²) in [6.07, 6.45) is 0. The van der Waals surface area contributed by atoms with Gasteiger partial charge in [0, 0.05) is 10.1 Å². The highest BCUT2D eigenvalue weighted by Crippen LogP contribution is 2.30. The van der Waals surface area contributed by atoms with Crippen molar-refractivity contribution < 1.29 is 10.0 Å². The standard InChI is InChI=1S/C23H23NO2S/c1-16(2)27-21-13-11-17(12-14-21)19-9-6-10-20(15-19)22(23(25)24-26)18-7-4-3-5-8-18/h3-16,22,26H,1-2H3,(H,24,25). The largest absolute Gasteiger partial charge is 0.289 e. The van der Waals surface area contributed by atoms with E-state index in [0.717, 1.165) is 22.3 Å². The minimum Gasteiger partial charge on any atom is -0.289 e. The molecule has 3 nitrogen and oxygen atoms in total. The number of nitrogens with one attached hydrogen (secondary N) is 1. The minimum absolute atomic E-state index is 0.443. The van der Waals surface area contributed by atoms with Crippen molar-refractivity contribution in [3.63, 3.8) is 0 Å². The molecule has 138 valence electrons. The predicted molar refractivity (Wildman–Crippen MR) is 111 cm³/mol. The van der Waals surface area contributed by atoms with Gasteiger partial charge in [-0.1, -0.05) is 80.6 Å². The fourth-order valence-corrected chi connectivity index (χ4v) is 3.94. The van der Waals surface area contributed by atoms with E-state index in [9.17, 15) is 10.0 Å². The normalized spacial score (nSPS) is 12.0. The van der Waals surface area contributed by atoms with E-state index >= 15 is 0 Å². The summed E-state index contributed by atoms with van der Waals surface area (Å²) in [5, 5.41) is 9.76. The van der Waals surface area contributed by atoms with E-state index in [1.54, 1.807) is 5.48 Å². The summed E-state index contributed by atoms with van der Waals surface area (Å²) < 4.78 is 0. The third-order valence-corrected chi connectivity index (χ3v) is 5.30. The first-order valence-corrected chi connectivity index (χ1v) is 9.82. The molecule has 1 amide bonds. The van der Waals surface area contributed by atoms with Crippen molar-refractivity contribution in [3.05, 3.63) is 90.0 Å². The zero-order valence-corrected chi connectivity index (χ0v) is 16.2. The van der Waals surface area contributed by atoms with Gasteiger partial charge in [0.1, 0.15) is 0 Å². The van der Waals surface area contributed by atoms with Crippen LogP contribution < -0.4 is 5.48 Å². The van der Waals surface area contributed by atoms with Gasteiger partial charge in [0.2, 0.25) is 0 Å². The molecule has 1 atom stereocenters. The molecule has 0 aliphatic heterocycles. The van der Waals surface area contributed by atoms with Crippen LogP contribution in [-0.2, 0) is 4.79 Å². The zero-order valence-electron chi connectivity index (χ0n) is 15.4. The Bertz CT molecular complexity index is 892. The minimum atomic E-state index is -0.563. The van der Waals surface area contributed by atoms with Crippen molar-refractivity contribution in [3.8, 4) is 11.1 Å². The van der Waals surface area contributed by atoms with Gasteiger partial charge in [-0.2, -0.15) is 0 Å². The highest BCUT2D eigenvalue weighted by atomic mass is 32.2. The van der Waals surface area contributed by atoms with Crippen molar-refractivity contribution in [2.75, 3.05) is 0 Å².